The van der Waals surface area contributed by atoms with Crippen LogP contribution in [0.3, 0.4) is 0 Å². The van der Waals surface area contributed by atoms with Crippen molar-refractivity contribution in [3.8, 4) is 0 Å². The number of hydrogen-bond acceptors (Lipinski definition) is 3. The topological polar surface area (TPSA) is 66.4 Å². The predicted molar refractivity (Wildman–Crippen MR) is 63.5 cm³/mol. The minimum absolute atomic E-state index is 0.224. The van der Waals surface area contributed by atoms with E-state index in [-0.39, 0.29) is 18.4 Å². The monoisotopic (exact) mass is 243 g/mol. The van der Waals surface area contributed by atoms with Gasteiger partial charge in [-0.25, -0.2) is 13.1 Å². The first kappa shape index (κ1) is 13.2. The number of rotatable bonds is 6. The van der Waals surface area contributed by atoms with Gasteiger partial charge in [0.15, 0.2) is 0 Å². The van der Waals surface area contributed by atoms with Crippen LogP contribution in [0.1, 0.15) is 24.9 Å². The fourth-order valence-electron chi connectivity index (χ4n) is 1.47. The van der Waals surface area contributed by atoms with Crippen molar-refractivity contribution in [1.82, 2.24) is 4.72 Å². The SMILES string of the molecule is CCC(NS(=O)(=O)CCO)c1ccccc1. The lowest BCUT2D eigenvalue weighted by atomic mass is 10.1. The summed E-state index contributed by atoms with van der Waals surface area (Å²) in [4.78, 5) is 0. The van der Waals surface area contributed by atoms with Gasteiger partial charge in [0.2, 0.25) is 10.0 Å². The maximum Gasteiger partial charge on any atom is 0.214 e. The Labute approximate surface area is 96.4 Å². The molecule has 1 atom stereocenters. The molecule has 0 radical (unpaired) electrons. The summed E-state index contributed by atoms with van der Waals surface area (Å²) in [6.45, 7) is 1.56. The molecule has 4 nitrogen and oxygen atoms in total. The van der Waals surface area contributed by atoms with E-state index in [1.807, 2.05) is 37.3 Å². The third kappa shape index (κ3) is 3.92. The molecule has 0 aliphatic carbocycles. The molecule has 0 bridgehead atoms. The van der Waals surface area contributed by atoms with Crippen molar-refractivity contribution in [1.29, 1.82) is 0 Å². The van der Waals surface area contributed by atoms with Gasteiger partial charge in [-0.1, -0.05) is 37.3 Å². The smallest absolute Gasteiger partial charge is 0.214 e. The number of nitrogens with one attached hydrogen (secondary N) is 1. The molecule has 0 heterocycles. The Balaban J connectivity index is 2.78. The van der Waals surface area contributed by atoms with E-state index in [1.54, 1.807) is 0 Å². The molecule has 0 aliphatic heterocycles. The maximum absolute atomic E-state index is 11.5. The molecule has 16 heavy (non-hydrogen) atoms. The predicted octanol–water partition coefficient (Wildman–Crippen LogP) is 1.05. The van der Waals surface area contributed by atoms with Crippen molar-refractivity contribution >= 4 is 10.0 Å². The van der Waals surface area contributed by atoms with Crippen molar-refractivity contribution < 1.29 is 13.5 Å². The highest BCUT2D eigenvalue weighted by Crippen LogP contribution is 2.16. The molecule has 0 saturated carbocycles. The summed E-state index contributed by atoms with van der Waals surface area (Å²) in [5, 5.41) is 8.64. The van der Waals surface area contributed by atoms with Gasteiger partial charge in [-0.2, -0.15) is 0 Å². The Hall–Kier alpha value is -0.910. The second-order valence-electron chi connectivity index (χ2n) is 3.53. The highest BCUT2D eigenvalue weighted by atomic mass is 32.2. The molecule has 5 heteroatoms. The quantitative estimate of drug-likeness (QED) is 0.785. The second-order valence-corrected chi connectivity index (χ2v) is 5.41. The van der Waals surface area contributed by atoms with Crippen LogP contribution in [-0.2, 0) is 10.0 Å². The van der Waals surface area contributed by atoms with Crippen LogP contribution in [0.25, 0.3) is 0 Å². The molecular formula is C11H17NO3S. The van der Waals surface area contributed by atoms with Crippen LogP contribution in [0.2, 0.25) is 0 Å². The van der Waals surface area contributed by atoms with Gasteiger partial charge in [-0.05, 0) is 12.0 Å². The van der Waals surface area contributed by atoms with E-state index >= 15 is 0 Å². The summed E-state index contributed by atoms with van der Waals surface area (Å²) in [6, 6.07) is 9.18. The van der Waals surface area contributed by atoms with E-state index in [1.165, 1.54) is 0 Å². The second kappa shape index (κ2) is 5.98. The number of hydrogen-bond donors (Lipinski definition) is 2. The fraction of sp³-hybridized carbons (Fsp3) is 0.455. The fourth-order valence-corrected chi connectivity index (χ4v) is 2.56. The van der Waals surface area contributed by atoms with E-state index in [0.717, 1.165) is 5.56 Å². The van der Waals surface area contributed by atoms with Gasteiger partial charge in [0, 0.05) is 6.04 Å². The molecule has 1 rings (SSSR count). The average molecular weight is 243 g/mol. The summed E-state index contributed by atoms with van der Waals surface area (Å²) in [6.07, 6.45) is 0.675. The van der Waals surface area contributed by atoms with Crippen molar-refractivity contribution in [3.63, 3.8) is 0 Å². The first-order chi connectivity index (χ1) is 7.59. The normalized spacial score (nSPS) is 13.6. The molecule has 0 spiro atoms. The molecule has 0 saturated heterocycles. The lowest BCUT2D eigenvalue weighted by Gasteiger charge is -2.16. The van der Waals surface area contributed by atoms with E-state index in [2.05, 4.69) is 4.72 Å². The number of aliphatic hydroxyl groups is 1. The van der Waals surface area contributed by atoms with Crippen LogP contribution in [0.15, 0.2) is 30.3 Å². The minimum atomic E-state index is -3.39. The van der Waals surface area contributed by atoms with Crippen molar-refractivity contribution in [2.45, 2.75) is 19.4 Å². The van der Waals surface area contributed by atoms with Gasteiger partial charge in [0.1, 0.15) is 0 Å². The molecule has 90 valence electrons. The molecule has 0 amide bonds. The first-order valence-electron chi connectivity index (χ1n) is 5.25. The largest absolute Gasteiger partial charge is 0.395 e. The third-order valence-electron chi connectivity index (χ3n) is 2.29. The van der Waals surface area contributed by atoms with Gasteiger partial charge in [-0.3, -0.25) is 0 Å². The maximum atomic E-state index is 11.5. The average Bonchev–Trinajstić information content (AvgIpc) is 2.27. The zero-order chi connectivity index (χ0) is 12.0. The minimum Gasteiger partial charge on any atom is -0.395 e. The highest BCUT2D eigenvalue weighted by molar-refractivity contribution is 7.89. The Kier molecular flexibility index (Phi) is 4.92. The molecular weight excluding hydrogens is 226 g/mol. The molecule has 1 aromatic carbocycles. The van der Waals surface area contributed by atoms with Crippen LogP contribution >= 0.6 is 0 Å². The Morgan fingerprint density at radius 2 is 1.94 bits per heavy atom. The molecule has 2 N–H and O–H groups in total. The lowest BCUT2D eigenvalue weighted by molar-refractivity contribution is 0.318. The zero-order valence-electron chi connectivity index (χ0n) is 9.26. The third-order valence-corrected chi connectivity index (χ3v) is 3.66. The summed E-state index contributed by atoms with van der Waals surface area (Å²) in [5.41, 5.74) is 0.937. The van der Waals surface area contributed by atoms with Gasteiger partial charge < -0.3 is 5.11 Å². The zero-order valence-corrected chi connectivity index (χ0v) is 10.1. The molecule has 1 aromatic rings. The number of aliphatic hydroxyl groups excluding tert-OH is 1. The highest BCUT2D eigenvalue weighted by Gasteiger charge is 2.16. The summed E-state index contributed by atoms with van der Waals surface area (Å²) >= 11 is 0. The van der Waals surface area contributed by atoms with Crippen molar-refractivity contribution in [2.24, 2.45) is 0 Å². The van der Waals surface area contributed by atoms with E-state index < -0.39 is 10.0 Å². The van der Waals surface area contributed by atoms with E-state index in [4.69, 9.17) is 5.11 Å². The summed E-state index contributed by atoms with van der Waals surface area (Å²) in [5.74, 6) is -0.254. The Morgan fingerprint density at radius 1 is 1.31 bits per heavy atom. The van der Waals surface area contributed by atoms with E-state index in [0.29, 0.717) is 6.42 Å². The molecule has 0 aromatic heterocycles. The van der Waals surface area contributed by atoms with Gasteiger partial charge >= 0.3 is 0 Å². The lowest BCUT2D eigenvalue weighted by Crippen LogP contribution is -2.31. The van der Waals surface area contributed by atoms with Crippen LogP contribution < -0.4 is 4.72 Å². The van der Waals surface area contributed by atoms with Gasteiger partial charge in [0.25, 0.3) is 0 Å². The number of benzene rings is 1. The molecule has 0 fully saturated rings. The summed E-state index contributed by atoms with van der Waals surface area (Å²) < 4.78 is 25.6. The molecule has 1 unspecified atom stereocenters. The standard InChI is InChI=1S/C11H17NO3S/c1-2-11(10-6-4-3-5-7-10)12-16(14,15)9-8-13/h3-7,11-13H,2,8-9H2,1H3. The van der Waals surface area contributed by atoms with Gasteiger partial charge in [-0.15, -0.1) is 0 Å². The van der Waals surface area contributed by atoms with Crippen LogP contribution in [0, 0.1) is 0 Å². The van der Waals surface area contributed by atoms with Crippen LogP contribution in [0.4, 0.5) is 0 Å². The van der Waals surface area contributed by atoms with Crippen molar-refractivity contribution in [2.75, 3.05) is 12.4 Å². The Bertz CT molecular complexity index is 402. The Morgan fingerprint density at radius 3 is 2.44 bits per heavy atom. The van der Waals surface area contributed by atoms with Gasteiger partial charge in [0.05, 0.1) is 12.4 Å². The summed E-state index contributed by atoms with van der Waals surface area (Å²) in [7, 11) is -3.39. The first-order valence-corrected chi connectivity index (χ1v) is 6.90. The molecule has 0 aliphatic rings. The van der Waals surface area contributed by atoms with E-state index in [9.17, 15) is 8.42 Å². The van der Waals surface area contributed by atoms with Crippen LogP contribution in [-0.4, -0.2) is 25.9 Å². The van der Waals surface area contributed by atoms with Crippen molar-refractivity contribution in [3.05, 3.63) is 35.9 Å². The van der Waals surface area contributed by atoms with Crippen LogP contribution in [0.5, 0.6) is 0 Å². The number of sulfonamides is 1.